The summed E-state index contributed by atoms with van der Waals surface area (Å²) in [5.74, 6) is 0.714. The molecule has 4 atom stereocenters. The number of allylic oxidation sites excluding steroid dienone is 6. The highest BCUT2D eigenvalue weighted by atomic mass is 32.2. The van der Waals surface area contributed by atoms with Crippen molar-refractivity contribution >= 4 is 34.7 Å². The first kappa shape index (κ1) is 23.4. The van der Waals surface area contributed by atoms with E-state index in [1.807, 2.05) is 11.8 Å². The highest BCUT2D eigenvalue weighted by Gasteiger charge is 2.58. The number of fused-ring (bicyclic) bond motifs is 8. The summed E-state index contributed by atoms with van der Waals surface area (Å²) < 4.78 is 0. The van der Waals surface area contributed by atoms with Crippen molar-refractivity contribution < 1.29 is 0 Å². The Labute approximate surface area is 239 Å². The molecule has 4 aromatic rings. The first-order chi connectivity index (χ1) is 19.3. The molecule has 2 heteroatoms. The van der Waals surface area contributed by atoms with Gasteiger partial charge in [0.1, 0.15) is 0 Å². The first-order valence-corrected chi connectivity index (χ1v) is 15.5. The summed E-state index contributed by atoms with van der Waals surface area (Å²) in [7, 11) is 0. The Kier molecular flexibility index (Phi) is 5.60. The van der Waals surface area contributed by atoms with Crippen molar-refractivity contribution in [2.45, 2.75) is 25.7 Å². The zero-order chi connectivity index (χ0) is 25.8. The van der Waals surface area contributed by atoms with Gasteiger partial charge in [-0.2, -0.15) is 0 Å². The lowest BCUT2D eigenvalue weighted by Crippen LogP contribution is -2.55. The summed E-state index contributed by atoms with van der Waals surface area (Å²) in [6, 6.07) is 40.1. The van der Waals surface area contributed by atoms with Crippen molar-refractivity contribution in [3.05, 3.63) is 168 Å². The number of rotatable bonds is 2. The Morgan fingerprint density at radius 1 is 0.487 bits per heavy atom. The van der Waals surface area contributed by atoms with Crippen molar-refractivity contribution in [2.75, 3.05) is 0 Å². The van der Waals surface area contributed by atoms with Crippen LogP contribution in [0.15, 0.2) is 155 Å². The predicted octanol–water partition coefficient (Wildman–Crippen LogP) is 9.46. The van der Waals surface area contributed by atoms with Crippen molar-refractivity contribution in [3.63, 3.8) is 0 Å². The lowest BCUT2D eigenvalue weighted by Gasteiger charge is -2.57. The molecule has 4 aliphatic rings. The monoisotopic (exact) mass is 536 g/mol. The fourth-order valence-corrected chi connectivity index (χ4v) is 10.2. The molecule has 0 saturated carbocycles. The van der Waals surface area contributed by atoms with Gasteiger partial charge in [-0.25, -0.2) is 0 Å². The number of benzene rings is 4. The fourth-order valence-electron chi connectivity index (χ4n) is 7.20. The van der Waals surface area contributed by atoms with Gasteiger partial charge in [-0.15, -0.1) is 11.8 Å². The number of hydrogen-bond donors (Lipinski definition) is 0. The molecule has 0 radical (unpaired) electrons. The molecule has 1 saturated heterocycles. The van der Waals surface area contributed by atoms with E-state index in [-0.39, 0.29) is 5.41 Å². The largest absolute Gasteiger partial charge is 0.145 e. The lowest BCUT2D eigenvalue weighted by atomic mass is 9.55. The van der Waals surface area contributed by atoms with Crippen LogP contribution in [-0.2, 0) is 5.41 Å². The van der Waals surface area contributed by atoms with E-state index in [2.05, 4.69) is 157 Å². The molecule has 8 rings (SSSR count). The third-order valence-electron chi connectivity index (χ3n) is 8.83. The van der Waals surface area contributed by atoms with E-state index in [1.54, 1.807) is 0 Å². The van der Waals surface area contributed by atoms with E-state index in [9.17, 15) is 0 Å². The average molecular weight is 537 g/mol. The van der Waals surface area contributed by atoms with Crippen molar-refractivity contribution in [1.82, 2.24) is 0 Å². The van der Waals surface area contributed by atoms with Crippen molar-refractivity contribution in [2.24, 2.45) is 11.8 Å². The minimum atomic E-state index is -0.135. The van der Waals surface area contributed by atoms with Gasteiger partial charge in [-0.05, 0) is 45.5 Å². The van der Waals surface area contributed by atoms with Gasteiger partial charge in [0.15, 0.2) is 0 Å². The van der Waals surface area contributed by atoms with Gasteiger partial charge < -0.3 is 0 Å². The Hall–Kier alpha value is -3.46. The molecule has 0 aromatic heterocycles. The van der Waals surface area contributed by atoms with Gasteiger partial charge in [0, 0.05) is 37.5 Å². The van der Waals surface area contributed by atoms with Crippen LogP contribution in [0.1, 0.15) is 22.3 Å². The molecule has 0 N–H and O–H groups in total. The van der Waals surface area contributed by atoms with E-state index >= 15 is 0 Å². The Balaban J connectivity index is 1.36. The fraction of sp³-hybridized carbons (Fsp3) is 0.135. The molecule has 188 valence electrons. The highest BCUT2D eigenvalue weighted by Crippen LogP contribution is 2.64. The Morgan fingerprint density at radius 3 is 1.41 bits per heavy atom. The van der Waals surface area contributed by atoms with Crippen LogP contribution >= 0.6 is 23.5 Å². The van der Waals surface area contributed by atoms with Crippen LogP contribution < -0.4 is 0 Å². The molecule has 2 aliphatic carbocycles. The topological polar surface area (TPSA) is 0 Å². The highest BCUT2D eigenvalue weighted by molar-refractivity contribution is 8.01. The molecule has 4 aromatic carbocycles. The van der Waals surface area contributed by atoms with Crippen molar-refractivity contribution in [1.29, 1.82) is 0 Å². The smallest absolute Gasteiger partial charge is 0.0377 e. The summed E-state index contributed by atoms with van der Waals surface area (Å²) in [5.41, 5.74) is 8.11. The molecule has 2 aliphatic heterocycles. The summed E-state index contributed by atoms with van der Waals surface area (Å²) >= 11 is 4.09. The van der Waals surface area contributed by atoms with Gasteiger partial charge in [-0.1, -0.05) is 145 Å². The first-order valence-electron chi connectivity index (χ1n) is 13.8. The van der Waals surface area contributed by atoms with Crippen LogP contribution in [-0.4, -0.2) is 10.5 Å². The molecule has 0 amide bonds. The zero-order valence-corrected chi connectivity index (χ0v) is 23.1. The third kappa shape index (κ3) is 3.62. The molecule has 1 fully saturated rings. The summed E-state index contributed by atoms with van der Waals surface area (Å²) in [4.78, 5) is 2.80. The van der Waals surface area contributed by atoms with Crippen LogP contribution in [0, 0.1) is 11.8 Å². The van der Waals surface area contributed by atoms with E-state index in [0.29, 0.717) is 22.3 Å². The van der Waals surface area contributed by atoms with Gasteiger partial charge >= 0.3 is 0 Å². The normalized spacial score (nSPS) is 25.5. The summed E-state index contributed by atoms with van der Waals surface area (Å²) in [6.07, 6.45) is 15.0. The van der Waals surface area contributed by atoms with Crippen LogP contribution in [0.5, 0.6) is 0 Å². The van der Waals surface area contributed by atoms with Gasteiger partial charge in [0.2, 0.25) is 0 Å². The number of hydrogen-bond acceptors (Lipinski definition) is 2. The second-order valence-corrected chi connectivity index (χ2v) is 13.2. The molecule has 0 nitrogen and oxygen atoms in total. The lowest BCUT2D eigenvalue weighted by molar-refractivity contribution is 0.274. The Bertz CT molecular complexity index is 1550. The van der Waals surface area contributed by atoms with E-state index in [4.69, 9.17) is 0 Å². The standard InChI is InChI=1S/C37H28S2/c1-3-11-25(12-4-1)27-19-21-31-35(23-27)39-36-24-28(26-13-5-2-6-14-26)20-22-32(36)37(31)29-15-7-9-17-33(29)38-34-18-10-8-16-30(34)37/h1-24,31-32,35-36H. The molecule has 2 heterocycles. The van der Waals surface area contributed by atoms with E-state index in [1.165, 1.54) is 43.2 Å². The van der Waals surface area contributed by atoms with E-state index in [0.717, 1.165) is 0 Å². The average Bonchev–Trinajstić information content (AvgIpc) is 3.01. The van der Waals surface area contributed by atoms with Crippen molar-refractivity contribution in [3.8, 4) is 0 Å². The second-order valence-electron chi connectivity index (χ2n) is 10.8. The maximum Gasteiger partial charge on any atom is 0.0377 e. The molecular formula is C37H28S2. The van der Waals surface area contributed by atoms with E-state index < -0.39 is 0 Å². The minimum Gasteiger partial charge on any atom is -0.145 e. The SMILES string of the molecule is C1=CC2C(C=C1c1ccccc1)SC1C=C(c3ccccc3)C=CC1C21c2ccccc2Sc2ccccc21. The molecule has 39 heavy (non-hydrogen) atoms. The van der Waals surface area contributed by atoms with Gasteiger partial charge in [0.25, 0.3) is 0 Å². The van der Waals surface area contributed by atoms with Crippen LogP contribution in [0.3, 0.4) is 0 Å². The van der Waals surface area contributed by atoms with Crippen LogP contribution in [0.25, 0.3) is 11.1 Å². The third-order valence-corrected chi connectivity index (χ3v) is 11.5. The predicted molar refractivity (Wildman–Crippen MR) is 167 cm³/mol. The van der Waals surface area contributed by atoms with Gasteiger partial charge in [-0.3, -0.25) is 0 Å². The second kappa shape index (κ2) is 9.33. The number of thioether (sulfide) groups is 1. The zero-order valence-electron chi connectivity index (χ0n) is 21.5. The van der Waals surface area contributed by atoms with Crippen LogP contribution in [0.4, 0.5) is 0 Å². The molecule has 1 spiro atoms. The molecular weight excluding hydrogens is 509 g/mol. The molecule has 4 unspecified atom stereocenters. The summed E-state index contributed by atoms with van der Waals surface area (Å²) in [5, 5.41) is 0.742. The van der Waals surface area contributed by atoms with Gasteiger partial charge in [0.05, 0.1) is 0 Å². The quantitative estimate of drug-likeness (QED) is 0.250. The maximum absolute atomic E-state index is 2.56. The Morgan fingerprint density at radius 2 is 0.923 bits per heavy atom. The van der Waals surface area contributed by atoms with Crippen LogP contribution in [0.2, 0.25) is 0 Å². The minimum absolute atomic E-state index is 0.135. The summed E-state index contributed by atoms with van der Waals surface area (Å²) in [6.45, 7) is 0. The maximum atomic E-state index is 2.56. The molecule has 0 bridgehead atoms.